The van der Waals surface area contributed by atoms with Gasteiger partial charge in [0, 0.05) is 27.6 Å². The minimum Gasteiger partial charge on any atom is -0.254 e. The molecule has 27 heavy (non-hydrogen) atoms. The van der Waals surface area contributed by atoms with Gasteiger partial charge in [0.2, 0.25) is 0 Å². The summed E-state index contributed by atoms with van der Waals surface area (Å²) in [6.07, 6.45) is 1.82. The van der Waals surface area contributed by atoms with Gasteiger partial charge in [-0.3, -0.25) is 4.98 Å². The van der Waals surface area contributed by atoms with Crippen molar-refractivity contribution in [1.82, 2.24) is 9.97 Å². The van der Waals surface area contributed by atoms with E-state index in [1.165, 1.54) is 0 Å². The number of aromatic nitrogens is 2. The molecule has 2 aromatic heterocycles. The third-order valence-corrected chi connectivity index (χ3v) is 4.98. The zero-order valence-corrected chi connectivity index (χ0v) is 15.2. The second kappa shape index (κ2) is 6.49. The first kappa shape index (κ1) is 16.0. The largest absolute Gasteiger partial charge is 0.254 e. The molecule has 0 atom stereocenters. The predicted molar refractivity (Wildman–Crippen MR) is 113 cm³/mol. The fourth-order valence-corrected chi connectivity index (χ4v) is 3.60. The zero-order chi connectivity index (χ0) is 18.2. The highest BCUT2D eigenvalue weighted by Crippen LogP contribution is 2.29. The van der Waals surface area contributed by atoms with Gasteiger partial charge in [-0.2, -0.15) is 0 Å². The van der Waals surface area contributed by atoms with E-state index in [2.05, 4.69) is 65.6 Å². The molecule has 0 spiro atoms. The molecule has 5 aromatic rings. The molecule has 0 radical (unpaired) electrons. The van der Waals surface area contributed by atoms with E-state index in [1.54, 1.807) is 0 Å². The molecule has 3 aromatic carbocycles. The van der Waals surface area contributed by atoms with Crippen LogP contribution >= 0.6 is 11.6 Å². The quantitative estimate of drug-likeness (QED) is 0.322. The Kier molecular flexibility index (Phi) is 3.84. The monoisotopic (exact) mass is 366 g/mol. The fraction of sp³-hybridized carbons (Fsp3) is 0. The Labute approximate surface area is 162 Å². The minimum absolute atomic E-state index is 0.735. The van der Waals surface area contributed by atoms with E-state index in [0.717, 1.165) is 49.2 Å². The number of nitrogens with zero attached hydrogens (tertiary/aromatic N) is 2. The van der Waals surface area contributed by atoms with E-state index in [9.17, 15) is 0 Å². The van der Waals surface area contributed by atoms with Gasteiger partial charge >= 0.3 is 0 Å². The van der Waals surface area contributed by atoms with Crippen molar-refractivity contribution in [3.8, 4) is 22.4 Å². The molecule has 5 rings (SSSR count). The highest BCUT2D eigenvalue weighted by atomic mass is 35.5. The van der Waals surface area contributed by atoms with Crippen LogP contribution in [0.5, 0.6) is 0 Å². The second-order valence-electron chi connectivity index (χ2n) is 6.50. The lowest BCUT2D eigenvalue weighted by molar-refractivity contribution is 1.37. The first-order valence-corrected chi connectivity index (χ1v) is 9.17. The molecule has 0 bridgehead atoms. The maximum atomic E-state index is 6.15. The summed E-state index contributed by atoms with van der Waals surface area (Å²) in [5.74, 6) is 0. The number of fused-ring (bicyclic) bond motifs is 3. The van der Waals surface area contributed by atoms with Crippen LogP contribution in [0.15, 0.2) is 91.1 Å². The molecule has 0 amide bonds. The van der Waals surface area contributed by atoms with E-state index in [1.807, 2.05) is 30.5 Å². The molecule has 0 unspecified atom stereocenters. The molecular weight excluding hydrogens is 352 g/mol. The molecule has 0 N–H and O–H groups in total. The Hall–Kier alpha value is -3.23. The molecule has 0 aliphatic heterocycles. The summed E-state index contributed by atoms with van der Waals surface area (Å²) in [7, 11) is 0. The summed E-state index contributed by atoms with van der Waals surface area (Å²) in [6.45, 7) is 0. The molecule has 0 fully saturated rings. The number of hydrogen-bond acceptors (Lipinski definition) is 2. The van der Waals surface area contributed by atoms with Crippen LogP contribution in [0, 0.1) is 0 Å². The number of hydrogen-bond donors (Lipinski definition) is 0. The Bertz CT molecular complexity index is 1290. The van der Waals surface area contributed by atoms with Crippen LogP contribution in [0.1, 0.15) is 0 Å². The lowest BCUT2D eigenvalue weighted by atomic mass is 10.0. The molecule has 2 heterocycles. The zero-order valence-electron chi connectivity index (χ0n) is 14.4. The smallest absolute Gasteiger partial charge is 0.0972 e. The van der Waals surface area contributed by atoms with Crippen LogP contribution in [-0.2, 0) is 0 Å². The lowest BCUT2D eigenvalue weighted by Crippen LogP contribution is -1.89. The summed E-state index contributed by atoms with van der Waals surface area (Å²) in [5, 5.41) is 2.93. The molecule has 128 valence electrons. The van der Waals surface area contributed by atoms with Gasteiger partial charge < -0.3 is 0 Å². The van der Waals surface area contributed by atoms with Crippen molar-refractivity contribution in [3.63, 3.8) is 0 Å². The lowest BCUT2D eigenvalue weighted by Gasteiger charge is -2.08. The number of halogens is 1. The van der Waals surface area contributed by atoms with Crippen LogP contribution in [0.3, 0.4) is 0 Å². The van der Waals surface area contributed by atoms with Crippen molar-refractivity contribution in [1.29, 1.82) is 0 Å². The van der Waals surface area contributed by atoms with Gasteiger partial charge in [0.15, 0.2) is 0 Å². The van der Waals surface area contributed by atoms with Crippen LogP contribution in [-0.4, -0.2) is 9.97 Å². The fourth-order valence-electron chi connectivity index (χ4n) is 3.41. The summed E-state index contributed by atoms with van der Waals surface area (Å²) in [6, 6.07) is 28.7. The van der Waals surface area contributed by atoms with E-state index in [4.69, 9.17) is 16.6 Å². The Morgan fingerprint density at radius 3 is 2.15 bits per heavy atom. The molecule has 0 saturated carbocycles. The maximum Gasteiger partial charge on any atom is 0.0972 e. The maximum absolute atomic E-state index is 6.15. The van der Waals surface area contributed by atoms with Gasteiger partial charge in [-0.15, -0.1) is 0 Å². The molecule has 3 heteroatoms. The minimum atomic E-state index is 0.735. The standard InChI is InChI=1S/C24H15ClN2/c25-21-8-2-5-19(15-21)18-4-1-6-20(14-18)22-12-11-17-10-9-16-7-3-13-26-23(16)24(17)27-22/h1-15H. The summed E-state index contributed by atoms with van der Waals surface area (Å²) in [4.78, 5) is 9.48. The SMILES string of the molecule is Clc1cccc(-c2cccc(-c3ccc4ccc5cccnc5c4n3)c2)c1. The average molecular weight is 367 g/mol. The van der Waals surface area contributed by atoms with E-state index in [-0.39, 0.29) is 0 Å². The molecule has 2 nitrogen and oxygen atoms in total. The van der Waals surface area contributed by atoms with Crippen molar-refractivity contribution >= 4 is 33.4 Å². The van der Waals surface area contributed by atoms with E-state index in [0.29, 0.717) is 0 Å². The highest BCUT2D eigenvalue weighted by Gasteiger charge is 2.07. The highest BCUT2D eigenvalue weighted by molar-refractivity contribution is 6.30. The Balaban J connectivity index is 1.67. The normalized spacial score (nSPS) is 11.1. The van der Waals surface area contributed by atoms with Crippen molar-refractivity contribution in [3.05, 3.63) is 96.1 Å². The van der Waals surface area contributed by atoms with E-state index < -0.39 is 0 Å². The van der Waals surface area contributed by atoms with Crippen molar-refractivity contribution in [2.45, 2.75) is 0 Å². The topological polar surface area (TPSA) is 25.8 Å². The average Bonchev–Trinajstić information content (AvgIpc) is 2.73. The number of benzene rings is 3. The van der Waals surface area contributed by atoms with Gasteiger partial charge in [0.1, 0.15) is 0 Å². The Morgan fingerprint density at radius 1 is 0.593 bits per heavy atom. The number of pyridine rings is 2. The first-order valence-electron chi connectivity index (χ1n) is 8.79. The second-order valence-corrected chi connectivity index (χ2v) is 6.94. The van der Waals surface area contributed by atoms with Crippen molar-refractivity contribution in [2.24, 2.45) is 0 Å². The van der Waals surface area contributed by atoms with Crippen molar-refractivity contribution < 1.29 is 0 Å². The molecule has 0 aliphatic rings. The third kappa shape index (κ3) is 2.94. The van der Waals surface area contributed by atoms with Gasteiger partial charge in [0.25, 0.3) is 0 Å². The summed E-state index contributed by atoms with van der Waals surface area (Å²) < 4.78 is 0. The van der Waals surface area contributed by atoms with Gasteiger partial charge in [-0.05, 0) is 41.5 Å². The van der Waals surface area contributed by atoms with Crippen molar-refractivity contribution in [2.75, 3.05) is 0 Å². The van der Waals surface area contributed by atoms with Crippen LogP contribution < -0.4 is 0 Å². The molecule has 0 aliphatic carbocycles. The summed E-state index contributed by atoms with van der Waals surface area (Å²) >= 11 is 6.15. The van der Waals surface area contributed by atoms with E-state index >= 15 is 0 Å². The first-order chi connectivity index (χ1) is 13.3. The van der Waals surface area contributed by atoms with Crippen LogP contribution in [0.25, 0.3) is 44.2 Å². The van der Waals surface area contributed by atoms with Gasteiger partial charge in [0.05, 0.1) is 16.7 Å². The Morgan fingerprint density at radius 2 is 1.30 bits per heavy atom. The van der Waals surface area contributed by atoms with Crippen LogP contribution in [0.4, 0.5) is 0 Å². The van der Waals surface area contributed by atoms with Gasteiger partial charge in [-0.1, -0.05) is 66.2 Å². The predicted octanol–water partition coefficient (Wildman–Crippen LogP) is 6.77. The third-order valence-electron chi connectivity index (χ3n) is 4.75. The summed E-state index contributed by atoms with van der Waals surface area (Å²) in [5.41, 5.74) is 6.08. The van der Waals surface area contributed by atoms with Crippen LogP contribution in [0.2, 0.25) is 5.02 Å². The molecule has 0 saturated heterocycles. The number of rotatable bonds is 2. The van der Waals surface area contributed by atoms with Gasteiger partial charge in [-0.25, -0.2) is 4.98 Å². The molecular formula is C24H15ClN2.